The van der Waals surface area contributed by atoms with Crippen molar-refractivity contribution in [2.45, 2.75) is 61.0 Å². The van der Waals surface area contributed by atoms with Crippen molar-refractivity contribution in [1.82, 2.24) is 9.97 Å². The Balaban J connectivity index is 1.62. The molecule has 3 N–H and O–H groups in total. The predicted octanol–water partition coefficient (Wildman–Crippen LogP) is 4.39. The van der Waals surface area contributed by atoms with Crippen molar-refractivity contribution in [1.29, 1.82) is 0 Å². The molecule has 2 aliphatic rings. The van der Waals surface area contributed by atoms with E-state index < -0.39 is 80.5 Å². The number of anilines is 1. The number of nitrogens with zero attached hydrogens (tertiary/aromatic N) is 4. The average molecular weight is 611 g/mol. The van der Waals surface area contributed by atoms with Gasteiger partial charge < -0.3 is 15.8 Å². The normalized spacial score (nSPS) is 26.9. The summed E-state index contributed by atoms with van der Waals surface area (Å²) in [6.07, 6.45) is -4.01. The number of hydrogen-bond donors (Lipinski definition) is 2. The van der Waals surface area contributed by atoms with Crippen LogP contribution in [0.2, 0.25) is 0 Å². The lowest BCUT2D eigenvalue weighted by atomic mass is 9.88. The lowest BCUT2D eigenvalue weighted by Crippen LogP contribution is -2.62. The van der Waals surface area contributed by atoms with Crippen LogP contribution in [0.5, 0.6) is 5.75 Å². The molecule has 1 amide bonds. The van der Waals surface area contributed by atoms with E-state index in [9.17, 15) is 35.3 Å². The second kappa shape index (κ2) is 10.1. The topological polar surface area (TPSA) is 132 Å². The summed E-state index contributed by atoms with van der Waals surface area (Å²) in [5.74, 6) is -10.4. The van der Waals surface area contributed by atoms with Gasteiger partial charge in [0.05, 0.1) is 21.2 Å². The Labute approximate surface area is 230 Å². The SMILES string of the molecule is CC1(C)C(N)=N[C@](C)(c2nc(NC(=O)c3ccc(OCC(F)(F)C(F)F)cn3)ccc2F)[C@H]2CC(F)(F)CN=[S@@]21=O. The molecule has 0 fully saturated rings. The van der Waals surface area contributed by atoms with Gasteiger partial charge in [0.1, 0.15) is 51.4 Å². The van der Waals surface area contributed by atoms with Crippen LogP contribution in [0.4, 0.5) is 36.6 Å². The average Bonchev–Trinajstić information content (AvgIpc) is 2.89. The van der Waals surface area contributed by atoms with Gasteiger partial charge in [0.15, 0.2) is 6.61 Å². The smallest absolute Gasteiger partial charge is 0.340 e. The lowest BCUT2D eigenvalue weighted by molar-refractivity contribution is -0.148. The van der Waals surface area contributed by atoms with E-state index in [-0.39, 0.29) is 23.1 Å². The Kier molecular flexibility index (Phi) is 7.50. The van der Waals surface area contributed by atoms with Gasteiger partial charge in [-0.1, -0.05) is 0 Å². The van der Waals surface area contributed by atoms with Crippen LogP contribution in [0.25, 0.3) is 0 Å². The number of hydrogen-bond acceptors (Lipinski definition) is 8. The molecule has 2 aromatic rings. The zero-order chi connectivity index (χ0) is 30.6. The molecule has 224 valence electrons. The number of amides is 1. The third-order valence-corrected chi connectivity index (χ3v) is 10.6. The van der Waals surface area contributed by atoms with Crippen molar-refractivity contribution >= 4 is 27.3 Å². The quantitative estimate of drug-likeness (QED) is 0.447. The third kappa shape index (κ3) is 5.42. The van der Waals surface area contributed by atoms with Gasteiger partial charge in [-0.2, -0.15) is 8.78 Å². The first-order valence-corrected chi connectivity index (χ1v) is 13.6. The lowest BCUT2D eigenvalue weighted by Gasteiger charge is -2.48. The number of amidine groups is 1. The number of aliphatic imine (C=N–C) groups is 1. The van der Waals surface area contributed by atoms with Crippen LogP contribution < -0.4 is 15.8 Å². The molecule has 41 heavy (non-hydrogen) atoms. The Bertz CT molecular complexity index is 1510. The largest absolute Gasteiger partial charge is 0.485 e. The summed E-state index contributed by atoms with van der Waals surface area (Å²) in [6, 6.07) is 4.06. The molecule has 0 aromatic carbocycles. The number of carbonyl (C=O) groups excluding carboxylic acids is 1. The van der Waals surface area contributed by atoms with Crippen LogP contribution in [0, 0.1) is 5.82 Å². The fraction of sp³-hybridized carbons (Fsp3) is 0.500. The molecular formula is C24H25F7N6O3S. The fourth-order valence-electron chi connectivity index (χ4n) is 4.46. The summed E-state index contributed by atoms with van der Waals surface area (Å²) in [7, 11) is -3.52. The molecule has 17 heteroatoms. The minimum Gasteiger partial charge on any atom is -0.485 e. The minimum atomic E-state index is -4.39. The molecule has 2 aromatic heterocycles. The fourth-order valence-corrected chi connectivity index (χ4v) is 7.65. The number of aromatic nitrogens is 2. The summed E-state index contributed by atoms with van der Waals surface area (Å²) in [5.41, 5.74) is 3.37. The van der Waals surface area contributed by atoms with Crippen LogP contribution in [0.15, 0.2) is 39.8 Å². The number of rotatable bonds is 7. The van der Waals surface area contributed by atoms with Crippen molar-refractivity contribution in [3.63, 3.8) is 0 Å². The number of fused-ring (bicyclic) bond motifs is 1. The Morgan fingerprint density at radius 1 is 1.22 bits per heavy atom. The number of nitrogens with one attached hydrogen (secondary N) is 1. The standard InChI is InChI=1S/C24H25F7N6O3S/c1-21(2)20(32)37-22(3,15-8-23(28,29)10-34-41(15,21)39)17-13(25)5-7-16(35-17)36-18(38)14-6-4-12(9-33-14)40-11-24(30,31)19(26)27/h4-7,9,15,19H,8,10-11H2,1-3H3,(H2,32,37)(H,35,36,38)/t15-,22+,41-/m1/s1. The van der Waals surface area contributed by atoms with Gasteiger partial charge in [-0.3, -0.25) is 9.79 Å². The van der Waals surface area contributed by atoms with E-state index in [1.807, 2.05) is 0 Å². The van der Waals surface area contributed by atoms with Crippen LogP contribution in [0.1, 0.15) is 43.4 Å². The van der Waals surface area contributed by atoms with Gasteiger partial charge in [0.2, 0.25) is 0 Å². The highest BCUT2D eigenvalue weighted by Crippen LogP contribution is 2.49. The predicted molar refractivity (Wildman–Crippen MR) is 135 cm³/mol. The maximum absolute atomic E-state index is 15.2. The molecular weight excluding hydrogens is 585 g/mol. The molecule has 0 saturated carbocycles. The molecule has 4 rings (SSSR count). The highest BCUT2D eigenvalue weighted by Gasteiger charge is 2.60. The van der Waals surface area contributed by atoms with Crippen molar-refractivity contribution in [3.8, 4) is 5.75 Å². The first-order chi connectivity index (χ1) is 18.8. The van der Waals surface area contributed by atoms with Crippen LogP contribution >= 0.6 is 0 Å². The first kappa shape index (κ1) is 30.5. The Morgan fingerprint density at radius 3 is 2.51 bits per heavy atom. The summed E-state index contributed by atoms with van der Waals surface area (Å²) in [5, 5.41) is 0.851. The van der Waals surface area contributed by atoms with Gasteiger partial charge >= 0.3 is 12.3 Å². The zero-order valence-electron chi connectivity index (χ0n) is 21.8. The van der Waals surface area contributed by atoms with E-state index in [4.69, 9.17) is 5.73 Å². The maximum atomic E-state index is 15.2. The minimum absolute atomic E-state index is 0.191. The number of pyridine rings is 2. The van der Waals surface area contributed by atoms with Gasteiger partial charge in [-0.05, 0) is 45.0 Å². The first-order valence-electron chi connectivity index (χ1n) is 12.0. The second-order valence-electron chi connectivity index (χ2n) is 10.3. The highest BCUT2D eigenvalue weighted by atomic mass is 32.2. The van der Waals surface area contributed by atoms with Gasteiger partial charge in [-0.15, -0.1) is 0 Å². The van der Waals surface area contributed by atoms with Gasteiger partial charge in [0.25, 0.3) is 11.8 Å². The van der Waals surface area contributed by atoms with Crippen LogP contribution in [0.3, 0.4) is 0 Å². The number of alkyl halides is 6. The number of carbonyl (C=O) groups is 1. The molecule has 0 aliphatic carbocycles. The summed E-state index contributed by atoms with van der Waals surface area (Å²) < 4.78 is 116. The molecule has 3 atom stereocenters. The Morgan fingerprint density at radius 2 is 1.90 bits per heavy atom. The molecule has 9 nitrogen and oxygen atoms in total. The van der Waals surface area contributed by atoms with E-state index in [0.29, 0.717) is 0 Å². The van der Waals surface area contributed by atoms with Gasteiger partial charge in [0, 0.05) is 6.42 Å². The Hall–Kier alpha value is -3.50. The molecule has 4 heterocycles. The van der Waals surface area contributed by atoms with Crippen molar-refractivity contribution in [2.75, 3.05) is 18.5 Å². The summed E-state index contributed by atoms with van der Waals surface area (Å²) in [6.45, 7) is 1.58. The van der Waals surface area contributed by atoms with Crippen molar-refractivity contribution in [3.05, 3.63) is 47.7 Å². The van der Waals surface area contributed by atoms with E-state index in [0.717, 1.165) is 30.5 Å². The third-order valence-electron chi connectivity index (χ3n) is 6.97. The van der Waals surface area contributed by atoms with E-state index in [2.05, 4.69) is 29.4 Å². The molecule has 0 unspecified atom stereocenters. The maximum Gasteiger partial charge on any atom is 0.340 e. The summed E-state index contributed by atoms with van der Waals surface area (Å²) in [4.78, 5) is 24.8. The highest BCUT2D eigenvalue weighted by molar-refractivity contribution is 7.96. The molecule has 0 radical (unpaired) electrons. The molecule has 0 saturated heterocycles. The van der Waals surface area contributed by atoms with E-state index in [1.165, 1.54) is 20.8 Å². The molecule has 0 bridgehead atoms. The van der Waals surface area contributed by atoms with E-state index >= 15 is 4.39 Å². The number of nitrogens with two attached hydrogens (primary N) is 1. The van der Waals surface area contributed by atoms with Crippen molar-refractivity contribution in [2.24, 2.45) is 15.1 Å². The van der Waals surface area contributed by atoms with Crippen LogP contribution in [-0.2, 0) is 15.3 Å². The van der Waals surface area contributed by atoms with Crippen LogP contribution in [-0.4, -0.2) is 67.3 Å². The molecule has 2 aliphatic heterocycles. The monoisotopic (exact) mass is 610 g/mol. The number of ether oxygens (including phenoxy) is 1. The molecule has 0 spiro atoms. The van der Waals surface area contributed by atoms with Gasteiger partial charge in [-0.25, -0.2) is 40.5 Å². The zero-order valence-corrected chi connectivity index (χ0v) is 22.6. The van der Waals surface area contributed by atoms with Crippen molar-refractivity contribution < 1.29 is 44.5 Å². The number of halogens is 7. The summed E-state index contributed by atoms with van der Waals surface area (Å²) >= 11 is 0. The second-order valence-corrected chi connectivity index (χ2v) is 13.3. The van der Waals surface area contributed by atoms with E-state index in [1.54, 1.807) is 0 Å².